The Bertz CT molecular complexity index is 1010. The molecule has 2 heterocycles. The molecule has 0 unspecified atom stereocenters. The molecular formula is C27H32F3N3O2U. The minimum atomic E-state index is -4.56. The van der Waals surface area contributed by atoms with E-state index < -0.39 is 36.2 Å². The standard InChI is InChI=1S/C14H20N.C13H12F3N2O2.U/c1-12(2)13-7-6-8-14(11-13)15-9-4-3-5-10-15;1-8-10(7-11(19)20)18(9-5-3-2-4-6-9)17-12(8)13(14,15)16;/h3,6-8,11-12H,4-5,9-10H2,1-2H3;3-6,8,10H,7H2,1H3,(H,19,20);/q2*-1;+2/t;8-,10-;/m.0./s1. The van der Waals surface area contributed by atoms with Crippen molar-refractivity contribution in [1.82, 2.24) is 0 Å². The van der Waals surface area contributed by atoms with E-state index in [1.165, 1.54) is 44.1 Å². The minimum Gasteiger partial charge on any atom is -0.481 e. The number of hydrogen-bond donors (Lipinski definition) is 1. The first kappa shape index (κ1) is 30.2. The molecule has 0 saturated carbocycles. The summed E-state index contributed by atoms with van der Waals surface area (Å²) >= 11 is 0. The van der Waals surface area contributed by atoms with E-state index in [1.54, 1.807) is 24.3 Å². The number of alkyl halides is 3. The number of anilines is 2. The van der Waals surface area contributed by atoms with Crippen molar-refractivity contribution in [3.63, 3.8) is 0 Å². The maximum atomic E-state index is 12.9. The van der Waals surface area contributed by atoms with Crippen molar-refractivity contribution in [2.75, 3.05) is 23.0 Å². The average molecular weight is 726 g/mol. The van der Waals surface area contributed by atoms with Gasteiger partial charge in [-0.15, -0.1) is 12.1 Å². The Hall–Kier alpha value is -1.98. The van der Waals surface area contributed by atoms with E-state index in [9.17, 15) is 18.0 Å². The molecule has 5 nitrogen and oxygen atoms in total. The predicted octanol–water partition coefficient (Wildman–Crippen LogP) is 6.32. The molecule has 2 aromatic carbocycles. The van der Waals surface area contributed by atoms with Gasteiger partial charge in [0.15, 0.2) is 0 Å². The van der Waals surface area contributed by atoms with Crippen molar-refractivity contribution < 1.29 is 54.2 Å². The summed E-state index contributed by atoms with van der Waals surface area (Å²) in [5.74, 6) is -1.54. The second kappa shape index (κ2) is 13.5. The van der Waals surface area contributed by atoms with Crippen molar-refractivity contribution >= 4 is 23.1 Å². The molecule has 0 bridgehead atoms. The quantitative estimate of drug-likeness (QED) is 0.367. The smallest absolute Gasteiger partial charge is 0.481 e. The number of carboxylic acids is 1. The first-order valence-electron chi connectivity index (χ1n) is 11.9. The largest absolute Gasteiger partial charge is 2.00 e. The van der Waals surface area contributed by atoms with Crippen LogP contribution in [0.1, 0.15) is 51.5 Å². The first-order chi connectivity index (χ1) is 16.6. The van der Waals surface area contributed by atoms with Gasteiger partial charge in [0.25, 0.3) is 0 Å². The van der Waals surface area contributed by atoms with Crippen molar-refractivity contribution in [1.29, 1.82) is 0 Å². The van der Waals surface area contributed by atoms with Crippen LogP contribution in [-0.4, -0.2) is 42.1 Å². The van der Waals surface area contributed by atoms with Crippen LogP contribution in [0, 0.1) is 49.5 Å². The molecule has 2 aliphatic heterocycles. The molecule has 0 aromatic heterocycles. The summed E-state index contributed by atoms with van der Waals surface area (Å²) in [4.78, 5) is 13.4. The number of benzene rings is 2. The zero-order valence-electron chi connectivity index (χ0n) is 20.8. The van der Waals surface area contributed by atoms with E-state index in [1.807, 2.05) is 0 Å². The zero-order chi connectivity index (χ0) is 25.6. The van der Waals surface area contributed by atoms with Gasteiger partial charge in [-0.2, -0.15) is 49.3 Å². The molecular weight excluding hydrogens is 693 g/mol. The molecule has 2 aliphatic rings. The number of rotatable bonds is 5. The number of hydrazone groups is 1. The summed E-state index contributed by atoms with van der Waals surface area (Å²) in [5.41, 5.74) is 2.31. The van der Waals surface area contributed by atoms with Crippen molar-refractivity contribution in [3.05, 3.63) is 66.6 Å². The fourth-order valence-electron chi connectivity index (χ4n) is 4.30. The Kier molecular flexibility index (Phi) is 11.4. The van der Waals surface area contributed by atoms with Crippen LogP contribution in [0.15, 0.2) is 53.6 Å². The molecule has 192 valence electrons. The number of nitrogens with zero attached hydrogens (tertiary/aromatic N) is 3. The SMILES string of the molecule is CC(C)c1cccc(N2CC[CH-]CC2)c1.C[C@@H]1C(C(F)(F)F)=NN(c2cc[c-]cc2)[C@H]1CC(=O)O.[U+2]. The van der Waals surface area contributed by atoms with Gasteiger partial charge in [-0.1, -0.05) is 32.9 Å². The fourth-order valence-corrected chi connectivity index (χ4v) is 4.30. The van der Waals surface area contributed by atoms with Crippen molar-refractivity contribution in [2.24, 2.45) is 11.0 Å². The van der Waals surface area contributed by atoms with Gasteiger partial charge in [-0.05, 0) is 42.4 Å². The predicted molar refractivity (Wildman–Crippen MR) is 133 cm³/mol. The number of hydrogen-bond acceptors (Lipinski definition) is 4. The third-order valence-corrected chi connectivity index (χ3v) is 6.29. The second-order valence-corrected chi connectivity index (χ2v) is 9.14. The van der Waals surface area contributed by atoms with Crippen LogP contribution in [0.3, 0.4) is 0 Å². The minimum absolute atomic E-state index is 0. The molecule has 0 radical (unpaired) electrons. The topological polar surface area (TPSA) is 56.1 Å². The van der Waals surface area contributed by atoms with Crippen LogP contribution >= 0.6 is 0 Å². The third kappa shape index (κ3) is 8.01. The summed E-state index contributed by atoms with van der Waals surface area (Å²) in [6.07, 6.45) is -0.130. The Morgan fingerprint density at radius 1 is 1.17 bits per heavy atom. The number of halogens is 3. The van der Waals surface area contributed by atoms with Crippen LogP contribution < -0.4 is 9.91 Å². The Balaban J connectivity index is 0.000000256. The third-order valence-electron chi connectivity index (χ3n) is 6.29. The van der Waals surface area contributed by atoms with Crippen LogP contribution in [0.2, 0.25) is 0 Å². The van der Waals surface area contributed by atoms with Crippen LogP contribution in [0.4, 0.5) is 24.5 Å². The molecule has 2 atom stereocenters. The van der Waals surface area contributed by atoms with Gasteiger partial charge in [-0.3, -0.25) is 9.80 Å². The molecule has 2 aromatic rings. The van der Waals surface area contributed by atoms with Gasteiger partial charge < -0.3 is 16.4 Å². The zero-order valence-corrected chi connectivity index (χ0v) is 25.0. The summed E-state index contributed by atoms with van der Waals surface area (Å²) < 4.78 is 38.7. The van der Waals surface area contributed by atoms with Crippen LogP contribution in [0.5, 0.6) is 0 Å². The summed E-state index contributed by atoms with van der Waals surface area (Å²) in [5, 5.41) is 13.6. The molecule has 1 saturated heterocycles. The number of piperidine rings is 1. The molecule has 4 rings (SSSR count). The molecule has 0 amide bonds. The van der Waals surface area contributed by atoms with Gasteiger partial charge in [0, 0.05) is 11.6 Å². The van der Waals surface area contributed by atoms with E-state index >= 15 is 0 Å². The van der Waals surface area contributed by atoms with Gasteiger partial charge in [0.1, 0.15) is 5.71 Å². The Morgan fingerprint density at radius 2 is 1.81 bits per heavy atom. The van der Waals surface area contributed by atoms with Crippen molar-refractivity contribution in [3.8, 4) is 0 Å². The Labute approximate surface area is 235 Å². The van der Waals surface area contributed by atoms with Gasteiger partial charge >= 0.3 is 43.3 Å². The van der Waals surface area contributed by atoms with Crippen molar-refractivity contribution in [2.45, 2.75) is 58.2 Å². The summed E-state index contributed by atoms with van der Waals surface area (Å²) in [7, 11) is 0. The number of aliphatic carboxylic acids is 1. The monoisotopic (exact) mass is 725 g/mol. The van der Waals surface area contributed by atoms with Crippen LogP contribution in [-0.2, 0) is 4.79 Å². The van der Waals surface area contributed by atoms with E-state index in [2.05, 4.69) is 60.6 Å². The molecule has 0 spiro atoms. The molecule has 0 aliphatic carbocycles. The second-order valence-electron chi connectivity index (χ2n) is 9.14. The maximum absolute atomic E-state index is 12.9. The number of carboxylic acid groups (broad SMARTS) is 1. The normalized spacial score (nSPS) is 19.8. The van der Waals surface area contributed by atoms with Gasteiger partial charge in [0.05, 0.1) is 12.5 Å². The van der Waals surface area contributed by atoms with E-state index in [0.29, 0.717) is 11.6 Å². The molecule has 9 heteroatoms. The number of carbonyl (C=O) groups is 1. The van der Waals surface area contributed by atoms with E-state index in [4.69, 9.17) is 5.11 Å². The van der Waals surface area contributed by atoms with E-state index in [-0.39, 0.29) is 31.1 Å². The van der Waals surface area contributed by atoms with Gasteiger partial charge in [0.2, 0.25) is 0 Å². The molecule has 1 N–H and O–H groups in total. The van der Waals surface area contributed by atoms with Gasteiger partial charge in [-0.25, -0.2) is 0 Å². The first-order valence-corrected chi connectivity index (χ1v) is 11.9. The van der Waals surface area contributed by atoms with E-state index in [0.717, 1.165) is 5.01 Å². The van der Waals surface area contributed by atoms with Crippen LogP contribution in [0.25, 0.3) is 0 Å². The molecule has 36 heavy (non-hydrogen) atoms. The summed E-state index contributed by atoms with van der Waals surface area (Å²) in [6.45, 7) is 8.21. The fraction of sp³-hybridized carbons (Fsp3) is 0.444. The average Bonchev–Trinajstić information content (AvgIpc) is 3.16. The maximum Gasteiger partial charge on any atom is 2.00 e. The Morgan fingerprint density at radius 3 is 2.36 bits per heavy atom. The summed E-state index contributed by atoms with van der Waals surface area (Å²) in [6, 6.07) is 17.1. The molecule has 1 fully saturated rings.